The third-order valence-corrected chi connectivity index (χ3v) is 5.26. The lowest BCUT2D eigenvalue weighted by Crippen LogP contribution is -2.14. The number of fused-ring (bicyclic) bond motifs is 1. The molecule has 0 aromatic carbocycles. The number of pyridine rings is 1. The van der Waals surface area contributed by atoms with Crippen molar-refractivity contribution in [3.63, 3.8) is 0 Å². The summed E-state index contributed by atoms with van der Waals surface area (Å²) in [4.78, 5) is 29.5. The van der Waals surface area contributed by atoms with Gasteiger partial charge < -0.3 is 9.26 Å². The number of ether oxygens (including phenoxy) is 1. The molecule has 11 heteroatoms. The fourth-order valence-electron chi connectivity index (χ4n) is 3.11. The second-order valence-corrected chi connectivity index (χ2v) is 7.60. The standard InChI is InChI=1S/C20H21N7O3S/c1-12-15(13(2)27-19(22-12)24-20(25-27)31-3)10-17(28)29-9-5-7-16-23-18(26-30-16)14-6-4-8-21-11-14/h4,6,8,11H,5,7,9-10H2,1-3H3. The van der Waals surface area contributed by atoms with Crippen molar-refractivity contribution in [3.8, 4) is 11.4 Å². The highest BCUT2D eigenvalue weighted by molar-refractivity contribution is 7.98. The molecule has 0 radical (unpaired) electrons. The maximum atomic E-state index is 12.4. The molecule has 0 spiro atoms. The van der Waals surface area contributed by atoms with Gasteiger partial charge in [0.1, 0.15) is 0 Å². The molecule has 0 aliphatic rings. The highest BCUT2D eigenvalue weighted by Crippen LogP contribution is 2.18. The van der Waals surface area contributed by atoms with Crippen LogP contribution in [0.15, 0.2) is 34.2 Å². The van der Waals surface area contributed by atoms with Gasteiger partial charge in [-0.15, -0.1) is 5.10 Å². The van der Waals surface area contributed by atoms with Gasteiger partial charge in [-0.25, -0.2) is 9.50 Å². The molecule has 0 fully saturated rings. The van der Waals surface area contributed by atoms with E-state index in [9.17, 15) is 4.79 Å². The van der Waals surface area contributed by atoms with Crippen molar-refractivity contribution in [1.29, 1.82) is 0 Å². The summed E-state index contributed by atoms with van der Waals surface area (Å²) in [5.41, 5.74) is 3.17. The predicted molar refractivity (Wildman–Crippen MR) is 113 cm³/mol. The van der Waals surface area contributed by atoms with Crippen molar-refractivity contribution >= 4 is 23.5 Å². The Hall–Kier alpha value is -3.34. The first-order chi connectivity index (χ1) is 15.0. The highest BCUT2D eigenvalue weighted by atomic mass is 32.2. The van der Waals surface area contributed by atoms with Crippen molar-refractivity contribution in [1.82, 2.24) is 34.7 Å². The van der Waals surface area contributed by atoms with Crippen molar-refractivity contribution in [3.05, 3.63) is 47.4 Å². The number of aryl methyl sites for hydroxylation is 3. The van der Waals surface area contributed by atoms with Crippen LogP contribution in [0, 0.1) is 13.8 Å². The number of carbonyl (C=O) groups excluding carboxylic acids is 1. The summed E-state index contributed by atoms with van der Waals surface area (Å²) in [5.74, 6) is 1.19. The Morgan fingerprint density at radius 2 is 2.13 bits per heavy atom. The lowest BCUT2D eigenvalue weighted by Gasteiger charge is -2.10. The molecular formula is C20H21N7O3S. The minimum Gasteiger partial charge on any atom is -0.465 e. The quantitative estimate of drug-likeness (QED) is 0.230. The molecule has 160 valence electrons. The number of hydrogen-bond donors (Lipinski definition) is 0. The predicted octanol–water partition coefficient (Wildman–Crippen LogP) is 2.63. The van der Waals surface area contributed by atoms with Gasteiger partial charge in [0.05, 0.1) is 13.0 Å². The topological polar surface area (TPSA) is 121 Å². The van der Waals surface area contributed by atoms with E-state index in [0.29, 0.717) is 35.5 Å². The summed E-state index contributed by atoms with van der Waals surface area (Å²) < 4.78 is 12.3. The Morgan fingerprint density at radius 1 is 1.26 bits per heavy atom. The fraction of sp³-hybridized carbons (Fsp3) is 0.350. The van der Waals surface area contributed by atoms with Crippen LogP contribution in [0.5, 0.6) is 0 Å². The molecule has 4 aromatic heterocycles. The van der Waals surface area contributed by atoms with Crippen LogP contribution < -0.4 is 0 Å². The van der Waals surface area contributed by atoms with Gasteiger partial charge in [-0.1, -0.05) is 16.9 Å². The van der Waals surface area contributed by atoms with E-state index in [-0.39, 0.29) is 19.0 Å². The number of nitrogens with zero attached hydrogens (tertiary/aromatic N) is 7. The van der Waals surface area contributed by atoms with E-state index in [4.69, 9.17) is 9.26 Å². The van der Waals surface area contributed by atoms with Crippen LogP contribution in [0.4, 0.5) is 0 Å². The SMILES string of the molecule is CSc1nc2nc(C)c(CC(=O)OCCCc3nc(-c4cccnc4)no3)c(C)n2n1. The van der Waals surface area contributed by atoms with Crippen molar-refractivity contribution in [2.75, 3.05) is 12.9 Å². The lowest BCUT2D eigenvalue weighted by molar-refractivity contribution is -0.143. The smallest absolute Gasteiger partial charge is 0.310 e. The first-order valence-corrected chi connectivity index (χ1v) is 10.9. The fourth-order valence-corrected chi connectivity index (χ4v) is 3.44. The molecule has 0 amide bonds. The third kappa shape index (κ3) is 4.71. The Kier molecular flexibility index (Phi) is 6.21. The molecule has 0 N–H and O–H groups in total. The largest absolute Gasteiger partial charge is 0.465 e. The number of rotatable bonds is 8. The molecule has 31 heavy (non-hydrogen) atoms. The summed E-state index contributed by atoms with van der Waals surface area (Å²) in [6.45, 7) is 4.02. The lowest BCUT2D eigenvalue weighted by atomic mass is 10.1. The highest BCUT2D eigenvalue weighted by Gasteiger charge is 2.17. The van der Waals surface area contributed by atoms with E-state index in [0.717, 1.165) is 22.5 Å². The molecule has 0 unspecified atom stereocenters. The molecule has 0 saturated heterocycles. The zero-order valence-electron chi connectivity index (χ0n) is 17.4. The maximum Gasteiger partial charge on any atom is 0.310 e. The summed E-state index contributed by atoms with van der Waals surface area (Å²) in [6.07, 6.45) is 6.49. The Labute approximate surface area is 182 Å². The summed E-state index contributed by atoms with van der Waals surface area (Å²) in [7, 11) is 0. The van der Waals surface area contributed by atoms with Gasteiger partial charge in [-0.2, -0.15) is 9.97 Å². The molecule has 0 bridgehead atoms. The van der Waals surface area contributed by atoms with Crippen LogP contribution in [-0.4, -0.2) is 53.5 Å². The molecule has 0 saturated carbocycles. The van der Waals surface area contributed by atoms with Crippen LogP contribution in [0.3, 0.4) is 0 Å². The summed E-state index contributed by atoms with van der Waals surface area (Å²) in [6, 6.07) is 3.67. The van der Waals surface area contributed by atoms with E-state index < -0.39 is 0 Å². The number of esters is 1. The number of thioether (sulfide) groups is 1. The van der Waals surface area contributed by atoms with Gasteiger partial charge in [-0.05, 0) is 38.7 Å². The van der Waals surface area contributed by atoms with Crippen LogP contribution in [0.1, 0.15) is 29.3 Å². The summed E-state index contributed by atoms with van der Waals surface area (Å²) >= 11 is 1.45. The van der Waals surface area contributed by atoms with E-state index >= 15 is 0 Å². The molecule has 0 atom stereocenters. The van der Waals surface area contributed by atoms with Gasteiger partial charge in [0.2, 0.25) is 16.9 Å². The molecule has 0 aliphatic heterocycles. The molecule has 0 aliphatic carbocycles. The number of carbonyl (C=O) groups is 1. The van der Waals surface area contributed by atoms with E-state index in [2.05, 4.69) is 30.2 Å². The third-order valence-electron chi connectivity index (χ3n) is 4.72. The van der Waals surface area contributed by atoms with Crippen LogP contribution in [0.25, 0.3) is 17.2 Å². The van der Waals surface area contributed by atoms with Gasteiger partial charge in [0, 0.05) is 41.3 Å². The molecule has 4 aromatic rings. The van der Waals surface area contributed by atoms with Crippen molar-refractivity contribution in [2.24, 2.45) is 0 Å². The Morgan fingerprint density at radius 3 is 2.90 bits per heavy atom. The Bertz CT molecular complexity index is 1210. The average molecular weight is 440 g/mol. The minimum atomic E-state index is -0.320. The first-order valence-electron chi connectivity index (χ1n) is 9.70. The van der Waals surface area contributed by atoms with Crippen LogP contribution in [0.2, 0.25) is 0 Å². The van der Waals surface area contributed by atoms with Crippen molar-refractivity contribution < 1.29 is 14.1 Å². The average Bonchev–Trinajstić information content (AvgIpc) is 3.42. The van der Waals surface area contributed by atoms with Crippen LogP contribution >= 0.6 is 11.8 Å². The molecule has 4 heterocycles. The number of hydrogen-bond acceptors (Lipinski definition) is 10. The van der Waals surface area contributed by atoms with Crippen molar-refractivity contribution in [2.45, 2.75) is 38.3 Å². The van der Waals surface area contributed by atoms with Crippen LogP contribution in [-0.2, 0) is 22.4 Å². The van der Waals surface area contributed by atoms with E-state index in [1.54, 1.807) is 16.9 Å². The van der Waals surface area contributed by atoms with E-state index in [1.165, 1.54) is 11.8 Å². The maximum absolute atomic E-state index is 12.4. The molecule has 4 rings (SSSR count). The van der Waals surface area contributed by atoms with E-state index in [1.807, 2.05) is 32.2 Å². The zero-order chi connectivity index (χ0) is 21.8. The Balaban J connectivity index is 1.30. The second-order valence-electron chi connectivity index (χ2n) is 6.83. The minimum absolute atomic E-state index is 0.126. The zero-order valence-corrected chi connectivity index (χ0v) is 18.2. The monoisotopic (exact) mass is 439 g/mol. The number of aromatic nitrogens is 7. The van der Waals surface area contributed by atoms with Gasteiger partial charge in [0.25, 0.3) is 5.78 Å². The first kappa shape index (κ1) is 20.9. The molecular weight excluding hydrogens is 418 g/mol. The van der Waals surface area contributed by atoms with Gasteiger partial charge >= 0.3 is 5.97 Å². The van der Waals surface area contributed by atoms with Gasteiger partial charge in [0.15, 0.2) is 0 Å². The normalized spacial score (nSPS) is 11.2. The van der Waals surface area contributed by atoms with Gasteiger partial charge in [-0.3, -0.25) is 9.78 Å². The second kappa shape index (κ2) is 9.21. The summed E-state index contributed by atoms with van der Waals surface area (Å²) in [5, 5.41) is 8.99. The molecule has 10 nitrogen and oxygen atoms in total.